The molecule has 0 atom stereocenters. The second-order valence-electron chi connectivity index (χ2n) is 4.90. The van der Waals surface area contributed by atoms with Crippen LogP contribution in [0.1, 0.15) is 35.9 Å². The fraction of sp³-hybridized carbons (Fsp3) is 0.455. The molecule has 0 aliphatic rings. The molecule has 1 amide bonds. The van der Waals surface area contributed by atoms with Crippen molar-refractivity contribution in [1.29, 1.82) is 0 Å². The highest BCUT2D eigenvalue weighted by Gasteiger charge is 2.51. The summed E-state index contributed by atoms with van der Waals surface area (Å²) in [5, 5.41) is 14.5. The van der Waals surface area contributed by atoms with Crippen LogP contribution in [0.2, 0.25) is 0 Å². The molecule has 0 aliphatic carbocycles. The summed E-state index contributed by atoms with van der Waals surface area (Å²) in [6.07, 6.45) is -1.74. The zero-order valence-corrected chi connectivity index (χ0v) is 11.2. The number of carbonyl (C=O) groups is 1. The molecule has 0 unspecified atom stereocenters. The Balaban J connectivity index is 2.03. The molecule has 7 nitrogen and oxygen atoms in total. The standard InChI is InChI=1S/C11H13F3N6O/c1-10(2,11(12,13)14)9-18-7(19-20-9)5-15-8(21)6-3-16-17-4-6/h3-4H,5H2,1-2H3,(H,15,21)(H,16,17)(H,18,19,20). The van der Waals surface area contributed by atoms with Gasteiger partial charge in [-0.15, -0.1) is 0 Å². The Hall–Kier alpha value is -2.39. The van der Waals surface area contributed by atoms with Gasteiger partial charge in [-0.3, -0.25) is 15.0 Å². The van der Waals surface area contributed by atoms with E-state index in [0.717, 1.165) is 13.8 Å². The Bertz CT molecular complexity index is 616. The first-order valence-electron chi connectivity index (χ1n) is 5.97. The van der Waals surface area contributed by atoms with E-state index in [1.165, 1.54) is 12.4 Å². The van der Waals surface area contributed by atoms with Crippen LogP contribution in [-0.4, -0.2) is 37.5 Å². The van der Waals surface area contributed by atoms with Crippen molar-refractivity contribution in [1.82, 2.24) is 30.7 Å². The molecular formula is C11H13F3N6O. The summed E-state index contributed by atoms with van der Waals surface area (Å²) < 4.78 is 38.6. The number of H-pyrrole nitrogens is 2. The number of alkyl halides is 3. The molecule has 0 saturated carbocycles. The van der Waals surface area contributed by atoms with Gasteiger partial charge in [-0.1, -0.05) is 0 Å². The van der Waals surface area contributed by atoms with E-state index in [-0.39, 0.29) is 18.2 Å². The van der Waals surface area contributed by atoms with E-state index in [1.807, 2.05) is 0 Å². The average molecular weight is 302 g/mol. The summed E-state index contributed by atoms with van der Waals surface area (Å²) >= 11 is 0. The molecular weight excluding hydrogens is 289 g/mol. The summed E-state index contributed by atoms with van der Waals surface area (Å²) in [6.45, 7) is 1.92. The van der Waals surface area contributed by atoms with Crippen LogP contribution in [0.25, 0.3) is 0 Å². The van der Waals surface area contributed by atoms with Crippen LogP contribution in [0.4, 0.5) is 13.2 Å². The SMILES string of the molecule is CC(C)(c1n[nH]c(CNC(=O)c2cn[nH]c2)n1)C(F)(F)F. The lowest BCUT2D eigenvalue weighted by molar-refractivity contribution is -0.182. The molecule has 2 rings (SSSR count). The Morgan fingerprint density at radius 2 is 2.10 bits per heavy atom. The van der Waals surface area contributed by atoms with Gasteiger partial charge >= 0.3 is 6.18 Å². The van der Waals surface area contributed by atoms with Crippen molar-refractivity contribution in [3.05, 3.63) is 29.6 Å². The highest BCUT2D eigenvalue weighted by atomic mass is 19.4. The number of halogens is 3. The first-order valence-corrected chi connectivity index (χ1v) is 5.97. The third-order valence-corrected chi connectivity index (χ3v) is 2.98. The summed E-state index contributed by atoms with van der Waals surface area (Å²) in [5.41, 5.74) is -1.86. The predicted molar refractivity (Wildman–Crippen MR) is 65.2 cm³/mol. The molecule has 21 heavy (non-hydrogen) atoms. The predicted octanol–water partition coefficient (Wildman–Crippen LogP) is 1.30. The van der Waals surface area contributed by atoms with Gasteiger partial charge in [-0.2, -0.15) is 23.4 Å². The van der Waals surface area contributed by atoms with E-state index in [1.54, 1.807) is 0 Å². The van der Waals surface area contributed by atoms with Crippen LogP contribution >= 0.6 is 0 Å². The van der Waals surface area contributed by atoms with Crippen molar-refractivity contribution in [2.75, 3.05) is 0 Å². The van der Waals surface area contributed by atoms with E-state index in [0.29, 0.717) is 5.56 Å². The van der Waals surface area contributed by atoms with Gasteiger partial charge in [-0.05, 0) is 13.8 Å². The average Bonchev–Trinajstić information content (AvgIpc) is 3.06. The maximum atomic E-state index is 12.9. The number of nitrogens with zero attached hydrogens (tertiary/aromatic N) is 3. The van der Waals surface area contributed by atoms with E-state index < -0.39 is 17.5 Å². The minimum absolute atomic E-state index is 0.0645. The van der Waals surface area contributed by atoms with Crippen molar-refractivity contribution in [3.8, 4) is 0 Å². The van der Waals surface area contributed by atoms with Crippen molar-refractivity contribution in [3.63, 3.8) is 0 Å². The number of amides is 1. The van der Waals surface area contributed by atoms with Gasteiger partial charge in [0.1, 0.15) is 11.2 Å². The highest BCUT2D eigenvalue weighted by Crippen LogP contribution is 2.38. The van der Waals surface area contributed by atoms with Gasteiger partial charge in [0, 0.05) is 6.20 Å². The molecule has 0 spiro atoms. The largest absolute Gasteiger partial charge is 0.401 e. The number of nitrogens with one attached hydrogen (secondary N) is 3. The normalized spacial score (nSPS) is 12.4. The molecule has 0 aliphatic heterocycles. The summed E-state index contributed by atoms with van der Waals surface area (Å²) in [5.74, 6) is -0.654. The summed E-state index contributed by atoms with van der Waals surface area (Å²) in [7, 11) is 0. The van der Waals surface area contributed by atoms with Gasteiger partial charge in [0.05, 0.1) is 18.3 Å². The maximum absolute atomic E-state index is 12.9. The lowest BCUT2D eigenvalue weighted by Gasteiger charge is -2.24. The molecule has 0 radical (unpaired) electrons. The van der Waals surface area contributed by atoms with Crippen molar-refractivity contribution >= 4 is 5.91 Å². The quantitative estimate of drug-likeness (QED) is 0.792. The molecule has 10 heteroatoms. The molecule has 2 aromatic rings. The van der Waals surface area contributed by atoms with Gasteiger partial charge in [0.15, 0.2) is 5.82 Å². The van der Waals surface area contributed by atoms with E-state index in [4.69, 9.17) is 0 Å². The van der Waals surface area contributed by atoms with Crippen LogP contribution in [0.15, 0.2) is 12.4 Å². The minimum atomic E-state index is -4.47. The molecule has 3 N–H and O–H groups in total. The van der Waals surface area contributed by atoms with E-state index >= 15 is 0 Å². The van der Waals surface area contributed by atoms with Crippen LogP contribution in [0, 0.1) is 0 Å². The molecule has 0 aromatic carbocycles. The van der Waals surface area contributed by atoms with Crippen molar-refractivity contribution < 1.29 is 18.0 Å². The molecule has 114 valence electrons. The fourth-order valence-electron chi connectivity index (χ4n) is 1.42. The second-order valence-corrected chi connectivity index (χ2v) is 4.90. The number of aromatic nitrogens is 5. The number of carbonyl (C=O) groups excluding carboxylic acids is 1. The number of hydrogen-bond acceptors (Lipinski definition) is 4. The number of hydrogen-bond donors (Lipinski definition) is 3. The van der Waals surface area contributed by atoms with Gasteiger partial charge < -0.3 is 5.32 Å². The second kappa shape index (κ2) is 5.19. The zero-order chi connectivity index (χ0) is 15.7. The Labute approximate surface area is 117 Å². The third kappa shape index (κ3) is 3.03. The topological polar surface area (TPSA) is 99.4 Å². The Morgan fingerprint density at radius 3 is 2.67 bits per heavy atom. The third-order valence-electron chi connectivity index (χ3n) is 2.98. The Morgan fingerprint density at radius 1 is 1.38 bits per heavy atom. The van der Waals surface area contributed by atoms with Crippen LogP contribution in [0.5, 0.6) is 0 Å². The minimum Gasteiger partial charge on any atom is -0.345 e. The molecule has 0 bridgehead atoms. The Kier molecular flexibility index (Phi) is 3.71. The fourth-order valence-corrected chi connectivity index (χ4v) is 1.42. The first kappa shape index (κ1) is 15.0. The van der Waals surface area contributed by atoms with Gasteiger partial charge in [0.2, 0.25) is 0 Å². The van der Waals surface area contributed by atoms with Gasteiger partial charge in [0.25, 0.3) is 5.91 Å². The lowest BCUT2D eigenvalue weighted by Crippen LogP contribution is -2.37. The zero-order valence-electron chi connectivity index (χ0n) is 11.2. The van der Waals surface area contributed by atoms with Crippen LogP contribution in [0.3, 0.4) is 0 Å². The summed E-state index contributed by atoms with van der Waals surface area (Å²) in [6, 6.07) is 0. The van der Waals surface area contributed by atoms with Crippen molar-refractivity contribution in [2.24, 2.45) is 0 Å². The number of aromatic amines is 2. The first-order chi connectivity index (χ1) is 9.72. The van der Waals surface area contributed by atoms with Crippen LogP contribution < -0.4 is 5.32 Å². The maximum Gasteiger partial charge on any atom is 0.401 e. The van der Waals surface area contributed by atoms with Gasteiger partial charge in [-0.25, -0.2) is 4.98 Å². The van der Waals surface area contributed by atoms with E-state index in [9.17, 15) is 18.0 Å². The monoisotopic (exact) mass is 302 g/mol. The molecule has 2 aromatic heterocycles. The van der Waals surface area contributed by atoms with Crippen LogP contribution in [-0.2, 0) is 12.0 Å². The molecule has 0 saturated heterocycles. The van der Waals surface area contributed by atoms with Crippen molar-refractivity contribution in [2.45, 2.75) is 32.0 Å². The highest BCUT2D eigenvalue weighted by molar-refractivity contribution is 5.93. The smallest absolute Gasteiger partial charge is 0.345 e. The van der Waals surface area contributed by atoms with E-state index in [2.05, 4.69) is 30.7 Å². The molecule has 0 fully saturated rings. The molecule has 2 heterocycles. The lowest BCUT2D eigenvalue weighted by atomic mass is 9.92. The number of rotatable bonds is 4. The summed E-state index contributed by atoms with van der Waals surface area (Å²) in [4.78, 5) is 15.4.